The Morgan fingerprint density at radius 1 is 1.33 bits per heavy atom. The minimum Gasteiger partial charge on any atom is -0.218 e. The number of hydrogen-bond donors (Lipinski definition) is 1. The zero-order valence-electron chi connectivity index (χ0n) is 8.70. The first-order valence-corrected chi connectivity index (χ1v) is 6.17. The lowest BCUT2D eigenvalue weighted by atomic mass is 10.1. The van der Waals surface area contributed by atoms with Crippen molar-refractivity contribution in [1.82, 2.24) is 4.72 Å². The van der Waals surface area contributed by atoms with Gasteiger partial charge < -0.3 is 0 Å². The Labute approximate surface area is 89.4 Å². The van der Waals surface area contributed by atoms with Gasteiger partial charge in [0, 0.05) is 0 Å². The molecular weight excluding hydrogens is 217 g/mol. The van der Waals surface area contributed by atoms with E-state index in [1.807, 2.05) is 0 Å². The SMILES string of the molecule is CNS(=O)(=O)C(C)Cc1ccc(F)cc1. The van der Waals surface area contributed by atoms with Crippen molar-refractivity contribution in [1.29, 1.82) is 0 Å². The molecule has 0 aromatic heterocycles. The van der Waals surface area contributed by atoms with E-state index in [-0.39, 0.29) is 5.82 Å². The van der Waals surface area contributed by atoms with E-state index in [1.54, 1.807) is 19.1 Å². The Hall–Kier alpha value is -0.940. The van der Waals surface area contributed by atoms with Gasteiger partial charge in [-0.1, -0.05) is 12.1 Å². The highest BCUT2D eigenvalue weighted by molar-refractivity contribution is 7.90. The second kappa shape index (κ2) is 4.72. The highest BCUT2D eigenvalue weighted by Crippen LogP contribution is 2.09. The molecule has 3 nitrogen and oxygen atoms in total. The van der Waals surface area contributed by atoms with Crippen LogP contribution in [0.15, 0.2) is 24.3 Å². The van der Waals surface area contributed by atoms with Crippen molar-refractivity contribution in [2.75, 3.05) is 7.05 Å². The summed E-state index contributed by atoms with van der Waals surface area (Å²) >= 11 is 0. The van der Waals surface area contributed by atoms with Gasteiger partial charge in [0.2, 0.25) is 10.0 Å². The van der Waals surface area contributed by atoms with Crippen LogP contribution >= 0.6 is 0 Å². The number of halogens is 1. The second-order valence-electron chi connectivity index (χ2n) is 3.39. The lowest BCUT2D eigenvalue weighted by molar-refractivity contribution is 0.574. The van der Waals surface area contributed by atoms with Crippen LogP contribution in [0.2, 0.25) is 0 Å². The number of sulfonamides is 1. The Morgan fingerprint density at radius 3 is 2.33 bits per heavy atom. The van der Waals surface area contributed by atoms with E-state index in [2.05, 4.69) is 4.72 Å². The third kappa shape index (κ3) is 3.28. The maximum absolute atomic E-state index is 12.6. The summed E-state index contributed by atoms with van der Waals surface area (Å²) in [6, 6.07) is 5.84. The molecule has 0 spiro atoms. The number of nitrogens with one attached hydrogen (secondary N) is 1. The molecule has 0 saturated heterocycles. The standard InChI is InChI=1S/C10H14FNO2S/c1-8(15(13,14)12-2)7-9-3-5-10(11)6-4-9/h3-6,8,12H,7H2,1-2H3. The summed E-state index contributed by atoms with van der Waals surface area (Å²) in [6.07, 6.45) is 0.378. The molecule has 0 fully saturated rings. The minimum absolute atomic E-state index is 0.317. The molecule has 1 atom stereocenters. The summed E-state index contributed by atoms with van der Waals surface area (Å²) in [5.74, 6) is -0.317. The van der Waals surface area contributed by atoms with Crippen LogP contribution in [0.5, 0.6) is 0 Å². The fourth-order valence-corrected chi connectivity index (χ4v) is 2.08. The number of rotatable bonds is 4. The molecule has 1 unspecified atom stereocenters. The highest BCUT2D eigenvalue weighted by atomic mass is 32.2. The highest BCUT2D eigenvalue weighted by Gasteiger charge is 2.18. The van der Waals surface area contributed by atoms with E-state index in [0.717, 1.165) is 5.56 Å². The first-order chi connectivity index (χ1) is 6.95. The maximum atomic E-state index is 12.6. The Morgan fingerprint density at radius 2 is 1.87 bits per heavy atom. The Bertz CT molecular complexity index is 414. The predicted octanol–water partition coefficient (Wildman–Crippen LogP) is 1.31. The van der Waals surface area contributed by atoms with Crippen molar-refractivity contribution in [3.8, 4) is 0 Å². The van der Waals surface area contributed by atoms with E-state index in [4.69, 9.17) is 0 Å². The van der Waals surface area contributed by atoms with Crippen LogP contribution < -0.4 is 4.72 Å². The molecule has 0 heterocycles. The van der Waals surface area contributed by atoms with Crippen molar-refractivity contribution in [2.24, 2.45) is 0 Å². The van der Waals surface area contributed by atoms with Gasteiger partial charge in [-0.2, -0.15) is 0 Å². The average molecular weight is 231 g/mol. The molecule has 84 valence electrons. The smallest absolute Gasteiger partial charge is 0.214 e. The zero-order chi connectivity index (χ0) is 11.5. The van der Waals surface area contributed by atoms with Gasteiger partial charge in [0.15, 0.2) is 0 Å². The monoisotopic (exact) mass is 231 g/mol. The first-order valence-electron chi connectivity index (χ1n) is 4.62. The van der Waals surface area contributed by atoms with Crippen molar-refractivity contribution in [2.45, 2.75) is 18.6 Å². The summed E-state index contributed by atoms with van der Waals surface area (Å²) in [6.45, 7) is 1.62. The van der Waals surface area contributed by atoms with Crippen molar-refractivity contribution >= 4 is 10.0 Å². The fourth-order valence-electron chi connectivity index (χ4n) is 1.26. The van der Waals surface area contributed by atoms with E-state index in [0.29, 0.717) is 6.42 Å². The van der Waals surface area contributed by atoms with Gasteiger partial charge in [0.25, 0.3) is 0 Å². The summed E-state index contributed by atoms with van der Waals surface area (Å²) in [4.78, 5) is 0. The van der Waals surface area contributed by atoms with Crippen LogP contribution in [-0.4, -0.2) is 20.7 Å². The molecule has 0 aliphatic heterocycles. The van der Waals surface area contributed by atoms with Gasteiger partial charge >= 0.3 is 0 Å². The largest absolute Gasteiger partial charge is 0.218 e. The summed E-state index contributed by atoms with van der Waals surface area (Å²) in [5.41, 5.74) is 0.808. The van der Waals surface area contributed by atoms with Crippen molar-refractivity contribution in [3.63, 3.8) is 0 Å². The van der Waals surface area contributed by atoms with Crippen molar-refractivity contribution in [3.05, 3.63) is 35.6 Å². The van der Waals surface area contributed by atoms with Gasteiger partial charge in [-0.25, -0.2) is 17.5 Å². The van der Waals surface area contributed by atoms with E-state index in [9.17, 15) is 12.8 Å². The third-order valence-electron chi connectivity index (χ3n) is 2.25. The number of hydrogen-bond acceptors (Lipinski definition) is 2. The van der Waals surface area contributed by atoms with Gasteiger partial charge in [-0.15, -0.1) is 0 Å². The molecule has 1 rings (SSSR count). The molecule has 15 heavy (non-hydrogen) atoms. The molecule has 1 N–H and O–H groups in total. The van der Waals surface area contributed by atoms with Gasteiger partial charge in [-0.05, 0) is 38.1 Å². The predicted molar refractivity (Wildman–Crippen MR) is 57.5 cm³/mol. The molecule has 1 aromatic rings. The normalized spacial score (nSPS) is 13.8. The Kier molecular flexibility index (Phi) is 3.82. The second-order valence-corrected chi connectivity index (χ2v) is 5.69. The van der Waals surface area contributed by atoms with Crippen LogP contribution in [0.4, 0.5) is 4.39 Å². The maximum Gasteiger partial charge on any atom is 0.214 e. The Balaban J connectivity index is 2.75. The number of benzene rings is 1. The van der Waals surface area contributed by atoms with Crippen molar-refractivity contribution < 1.29 is 12.8 Å². The van der Waals surface area contributed by atoms with E-state index < -0.39 is 15.3 Å². The lowest BCUT2D eigenvalue weighted by Crippen LogP contribution is -2.31. The van der Waals surface area contributed by atoms with Gasteiger partial charge in [0.1, 0.15) is 5.82 Å². The molecule has 5 heteroatoms. The quantitative estimate of drug-likeness (QED) is 0.849. The van der Waals surface area contributed by atoms with Crippen LogP contribution in [0.3, 0.4) is 0 Å². The van der Waals surface area contributed by atoms with Crippen LogP contribution in [0.1, 0.15) is 12.5 Å². The summed E-state index contributed by atoms with van der Waals surface area (Å²) in [5, 5.41) is -0.520. The summed E-state index contributed by atoms with van der Waals surface area (Å²) in [7, 11) is -1.86. The molecule has 0 radical (unpaired) electrons. The average Bonchev–Trinajstić information content (AvgIpc) is 2.21. The third-order valence-corrected chi connectivity index (χ3v) is 4.05. The van der Waals surface area contributed by atoms with E-state index in [1.165, 1.54) is 19.2 Å². The summed E-state index contributed by atoms with van der Waals surface area (Å²) < 4.78 is 37.6. The first kappa shape index (κ1) is 12.1. The molecule has 0 saturated carbocycles. The molecule has 0 amide bonds. The van der Waals surface area contributed by atoms with Gasteiger partial charge in [0.05, 0.1) is 5.25 Å². The zero-order valence-corrected chi connectivity index (χ0v) is 9.51. The van der Waals surface area contributed by atoms with Gasteiger partial charge in [-0.3, -0.25) is 0 Å². The van der Waals surface area contributed by atoms with Crippen LogP contribution in [0.25, 0.3) is 0 Å². The molecule has 0 bridgehead atoms. The lowest BCUT2D eigenvalue weighted by Gasteiger charge is -2.11. The molecule has 1 aromatic carbocycles. The van der Waals surface area contributed by atoms with Crippen LogP contribution in [0, 0.1) is 5.82 Å². The van der Waals surface area contributed by atoms with E-state index >= 15 is 0 Å². The fraction of sp³-hybridized carbons (Fsp3) is 0.400. The molecular formula is C10H14FNO2S. The molecule has 0 aliphatic carbocycles. The van der Waals surface area contributed by atoms with Crippen LogP contribution in [-0.2, 0) is 16.4 Å². The topological polar surface area (TPSA) is 46.2 Å². The minimum atomic E-state index is -3.25. The molecule has 0 aliphatic rings.